The van der Waals surface area contributed by atoms with Gasteiger partial charge in [-0.1, -0.05) is 40.7 Å². The van der Waals surface area contributed by atoms with Gasteiger partial charge >= 0.3 is 0 Å². The van der Waals surface area contributed by atoms with Gasteiger partial charge in [0.2, 0.25) is 0 Å². The lowest BCUT2D eigenvalue weighted by atomic mass is 10.0. The zero-order valence-corrected chi connectivity index (χ0v) is 9.18. The Balaban J connectivity index is 2.71. The Hall–Kier alpha value is -0.600. The highest BCUT2D eigenvalue weighted by molar-refractivity contribution is 9.10. The summed E-state index contributed by atoms with van der Waals surface area (Å²) in [6.07, 6.45) is 1.97. The summed E-state index contributed by atoms with van der Waals surface area (Å²) in [6, 6.07) is 8.13. The molecule has 2 heteroatoms. The minimum atomic E-state index is 0.726. The summed E-state index contributed by atoms with van der Waals surface area (Å²) in [4.78, 5) is 0. The highest BCUT2D eigenvalue weighted by atomic mass is 79.9. The average molecular weight is 240 g/mol. The molecule has 0 spiro atoms. The van der Waals surface area contributed by atoms with Crippen molar-refractivity contribution in [2.24, 2.45) is 5.73 Å². The van der Waals surface area contributed by atoms with E-state index in [2.05, 4.69) is 28.6 Å². The minimum absolute atomic E-state index is 0.726. The lowest BCUT2D eigenvalue weighted by molar-refractivity contribution is 0.866. The van der Waals surface area contributed by atoms with Crippen molar-refractivity contribution in [2.75, 3.05) is 6.54 Å². The second-order valence-corrected chi connectivity index (χ2v) is 3.83. The molecule has 0 saturated carbocycles. The highest BCUT2D eigenvalue weighted by Gasteiger charge is 2.01. The van der Waals surface area contributed by atoms with E-state index < -0.39 is 0 Å². The third-order valence-electron chi connectivity index (χ3n) is 1.94. The largest absolute Gasteiger partial charge is 0.330 e. The van der Waals surface area contributed by atoms with Crippen LogP contribution in [-0.2, 0) is 0 Å². The monoisotopic (exact) mass is 239 g/mol. The molecular formula is C11H14BrN. The van der Waals surface area contributed by atoms with E-state index in [-0.39, 0.29) is 0 Å². The molecule has 13 heavy (non-hydrogen) atoms. The quantitative estimate of drug-likeness (QED) is 0.859. The van der Waals surface area contributed by atoms with Crippen molar-refractivity contribution in [3.05, 3.63) is 40.9 Å². The summed E-state index contributed by atoms with van der Waals surface area (Å²) in [7, 11) is 0. The van der Waals surface area contributed by atoms with Gasteiger partial charge in [0.1, 0.15) is 0 Å². The van der Waals surface area contributed by atoms with E-state index >= 15 is 0 Å². The van der Waals surface area contributed by atoms with Crippen LogP contribution in [0.4, 0.5) is 0 Å². The van der Waals surface area contributed by atoms with Crippen molar-refractivity contribution >= 4 is 21.5 Å². The molecule has 0 fully saturated rings. The van der Waals surface area contributed by atoms with Gasteiger partial charge in [-0.05, 0) is 36.6 Å². The van der Waals surface area contributed by atoms with E-state index in [1.807, 2.05) is 18.2 Å². The van der Waals surface area contributed by atoms with Crippen molar-refractivity contribution in [3.63, 3.8) is 0 Å². The number of allylic oxidation sites excluding steroid dienone is 1. The number of nitrogens with two attached hydrogens (primary N) is 1. The normalized spacial score (nSPS) is 10.0. The van der Waals surface area contributed by atoms with E-state index in [1.54, 1.807) is 0 Å². The summed E-state index contributed by atoms with van der Waals surface area (Å²) >= 11 is 3.50. The summed E-state index contributed by atoms with van der Waals surface area (Å²) < 4.78 is 1.11. The number of rotatable bonds is 4. The summed E-state index contributed by atoms with van der Waals surface area (Å²) in [6.45, 7) is 4.76. The topological polar surface area (TPSA) is 26.0 Å². The van der Waals surface area contributed by atoms with E-state index in [4.69, 9.17) is 5.73 Å². The molecule has 0 heterocycles. The van der Waals surface area contributed by atoms with Crippen molar-refractivity contribution < 1.29 is 0 Å². The maximum atomic E-state index is 5.44. The first-order chi connectivity index (χ1) is 6.25. The molecule has 0 bridgehead atoms. The first kappa shape index (κ1) is 10.5. The highest BCUT2D eigenvalue weighted by Crippen LogP contribution is 2.25. The Kier molecular flexibility index (Phi) is 4.19. The third kappa shape index (κ3) is 2.98. The molecule has 1 nitrogen and oxygen atoms in total. The van der Waals surface area contributed by atoms with Gasteiger partial charge in [-0.25, -0.2) is 0 Å². The predicted octanol–water partition coefficient (Wildman–Crippen LogP) is 3.20. The Labute approximate surface area is 87.8 Å². The van der Waals surface area contributed by atoms with Gasteiger partial charge in [-0.2, -0.15) is 0 Å². The van der Waals surface area contributed by atoms with Crippen molar-refractivity contribution in [2.45, 2.75) is 12.8 Å². The van der Waals surface area contributed by atoms with Crippen LogP contribution >= 0.6 is 15.9 Å². The van der Waals surface area contributed by atoms with Gasteiger partial charge in [0.25, 0.3) is 0 Å². The van der Waals surface area contributed by atoms with Gasteiger partial charge in [-0.3, -0.25) is 0 Å². The summed E-state index contributed by atoms with van der Waals surface area (Å²) in [5.41, 5.74) is 7.78. The molecule has 0 amide bonds. The fourth-order valence-electron chi connectivity index (χ4n) is 1.20. The number of halogens is 1. The Morgan fingerprint density at radius 2 is 2.08 bits per heavy atom. The van der Waals surface area contributed by atoms with Crippen LogP contribution in [-0.4, -0.2) is 6.54 Å². The smallest absolute Gasteiger partial charge is 0.0250 e. The lowest BCUT2D eigenvalue weighted by Gasteiger charge is -2.06. The molecular weight excluding hydrogens is 226 g/mol. The Morgan fingerprint density at radius 3 is 2.69 bits per heavy atom. The standard InChI is InChI=1S/C11H14BrN/c1-9(5-4-8-13)10-6-2-3-7-11(10)12/h2-3,6-7H,1,4-5,8,13H2. The molecule has 0 aliphatic carbocycles. The van der Waals surface area contributed by atoms with E-state index in [9.17, 15) is 0 Å². The molecule has 2 N–H and O–H groups in total. The van der Waals surface area contributed by atoms with E-state index in [0.29, 0.717) is 0 Å². The van der Waals surface area contributed by atoms with Crippen LogP contribution in [0.1, 0.15) is 18.4 Å². The Morgan fingerprint density at radius 1 is 1.38 bits per heavy atom. The maximum Gasteiger partial charge on any atom is 0.0250 e. The summed E-state index contributed by atoms with van der Waals surface area (Å²) in [5, 5.41) is 0. The van der Waals surface area contributed by atoms with Gasteiger partial charge in [-0.15, -0.1) is 0 Å². The van der Waals surface area contributed by atoms with Crippen LogP contribution in [0.3, 0.4) is 0 Å². The molecule has 1 aromatic carbocycles. The fourth-order valence-corrected chi connectivity index (χ4v) is 1.76. The average Bonchev–Trinajstić information content (AvgIpc) is 2.15. The molecule has 1 rings (SSSR count). The second kappa shape index (κ2) is 5.20. The first-order valence-corrected chi connectivity index (χ1v) is 5.17. The second-order valence-electron chi connectivity index (χ2n) is 2.98. The van der Waals surface area contributed by atoms with Crippen LogP contribution in [0.15, 0.2) is 35.3 Å². The van der Waals surface area contributed by atoms with Crippen molar-refractivity contribution in [1.82, 2.24) is 0 Å². The van der Waals surface area contributed by atoms with Crippen LogP contribution in [0, 0.1) is 0 Å². The van der Waals surface area contributed by atoms with Gasteiger partial charge < -0.3 is 5.73 Å². The molecule has 0 aliphatic rings. The van der Waals surface area contributed by atoms with Gasteiger partial charge in [0.15, 0.2) is 0 Å². The lowest BCUT2D eigenvalue weighted by Crippen LogP contribution is -1.98. The minimum Gasteiger partial charge on any atom is -0.330 e. The first-order valence-electron chi connectivity index (χ1n) is 4.38. The zero-order chi connectivity index (χ0) is 9.68. The zero-order valence-electron chi connectivity index (χ0n) is 7.59. The molecule has 0 saturated heterocycles. The SMILES string of the molecule is C=C(CCCN)c1ccccc1Br. The molecule has 0 atom stereocenters. The van der Waals surface area contributed by atoms with E-state index in [0.717, 1.165) is 29.4 Å². The third-order valence-corrected chi connectivity index (χ3v) is 2.63. The van der Waals surface area contributed by atoms with Gasteiger partial charge in [0.05, 0.1) is 0 Å². The van der Waals surface area contributed by atoms with Gasteiger partial charge in [0, 0.05) is 4.47 Å². The maximum absolute atomic E-state index is 5.44. The van der Waals surface area contributed by atoms with Crippen LogP contribution in [0.25, 0.3) is 5.57 Å². The number of benzene rings is 1. The van der Waals surface area contributed by atoms with Crippen LogP contribution < -0.4 is 5.73 Å². The fraction of sp³-hybridized carbons (Fsp3) is 0.273. The molecule has 70 valence electrons. The summed E-state index contributed by atoms with van der Waals surface area (Å²) in [5.74, 6) is 0. The molecule has 0 unspecified atom stereocenters. The number of hydrogen-bond donors (Lipinski definition) is 1. The predicted molar refractivity (Wildman–Crippen MR) is 61.5 cm³/mol. The van der Waals surface area contributed by atoms with Crippen LogP contribution in [0.2, 0.25) is 0 Å². The Bertz CT molecular complexity index is 294. The molecule has 0 aliphatic heterocycles. The number of hydrogen-bond acceptors (Lipinski definition) is 1. The molecule has 0 radical (unpaired) electrons. The van der Waals surface area contributed by atoms with Crippen LogP contribution in [0.5, 0.6) is 0 Å². The van der Waals surface area contributed by atoms with Crippen molar-refractivity contribution in [1.29, 1.82) is 0 Å². The van der Waals surface area contributed by atoms with E-state index in [1.165, 1.54) is 5.56 Å². The van der Waals surface area contributed by atoms with Crippen molar-refractivity contribution in [3.8, 4) is 0 Å². The molecule has 1 aromatic rings. The molecule has 0 aromatic heterocycles.